The zero-order valence-electron chi connectivity index (χ0n) is 11.3. The molecule has 22 heavy (non-hydrogen) atoms. The number of alkyl halides is 2. The summed E-state index contributed by atoms with van der Waals surface area (Å²) in [6.07, 6.45) is 0. The van der Waals surface area contributed by atoms with Crippen molar-refractivity contribution in [1.82, 2.24) is 4.57 Å². The van der Waals surface area contributed by atoms with Gasteiger partial charge in [0, 0.05) is 6.07 Å². The molecule has 0 saturated heterocycles. The molecule has 0 unspecified atom stereocenters. The molecule has 0 spiro atoms. The number of nitrogens with zero attached hydrogens (tertiary/aromatic N) is 1. The first-order valence-corrected chi connectivity index (χ1v) is 5.99. The molecule has 0 atom stereocenters. The Morgan fingerprint density at radius 1 is 1.14 bits per heavy atom. The number of rotatable bonds is 4. The van der Waals surface area contributed by atoms with Gasteiger partial charge in [0.15, 0.2) is 0 Å². The summed E-state index contributed by atoms with van der Waals surface area (Å²) in [5, 5.41) is 0. The van der Waals surface area contributed by atoms with Crippen LogP contribution in [0.2, 0.25) is 0 Å². The highest BCUT2D eigenvalue weighted by Crippen LogP contribution is 2.19. The van der Waals surface area contributed by atoms with Gasteiger partial charge in [-0.1, -0.05) is 0 Å². The largest absolute Gasteiger partial charge is 0.465 e. The first kappa shape index (κ1) is 15.6. The molecule has 1 aromatic carbocycles. The Kier molecular flexibility index (Phi) is 4.50. The molecule has 0 N–H and O–H groups in total. The summed E-state index contributed by atoms with van der Waals surface area (Å²) < 4.78 is 47.3. The molecule has 0 aliphatic rings. The van der Waals surface area contributed by atoms with Gasteiger partial charge in [-0.05, 0) is 30.3 Å². The summed E-state index contributed by atoms with van der Waals surface area (Å²) in [7, 11) is 1.08. The summed E-state index contributed by atoms with van der Waals surface area (Å²) >= 11 is 0. The number of halogens is 3. The quantitative estimate of drug-likeness (QED) is 0.813. The lowest BCUT2D eigenvalue weighted by Gasteiger charge is -2.14. The molecule has 0 aliphatic heterocycles. The molecule has 1 aromatic heterocycles. The van der Waals surface area contributed by atoms with Crippen molar-refractivity contribution < 1.29 is 27.4 Å². The van der Waals surface area contributed by atoms with Crippen LogP contribution in [0.5, 0.6) is 5.88 Å². The van der Waals surface area contributed by atoms with Gasteiger partial charge in [0.25, 0.3) is 5.56 Å². The van der Waals surface area contributed by atoms with Crippen LogP contribution in [0.4, 0.5) is 13.2 Å². The van der Waals surface area contributed by atoms with Crippen molar-refractivity contribution in [2.45, 2.75) is 6.61 Å². The third kappa shape index (κ3) is 3.11. The van der Waals surface area contributed by atoms with Crippen LogP contribution in [0.3, 0.4) is 0 Å². The van der Waals surface area contributed by atoms with E-state index in [2.05, 4.69) is 9.47 Å². The van der Waals surface area contributed by atoms with Gasteiger partial charge < -0.3 is 9.47 Å². The zero-order chi connectivity index (χ0) is 16.3. The van der Waals surface area contributed by atoms with E-state index >= 15 is 0 Å². The molecule has 0 radical (unpaired) electrons. The Hall–Kier alpha value is -2.77. The molecule has 5 nitrogen and oxygen atoms in total. The lowest BCUT2D eigenvalue weighted by Crippen LogP contribution is -2.27. The minimum Gasteiger partial charge on any atom is -0.465 e. The normalized spacial score (nSPS) is 10.6. The van der Waals surface area contributed by atoms with Crippen molar-refractivity contribution in [3.63, 3.8) is 0 Å². The van der Waals surface area contributed by atoms with Crippen LogP contribution in [0.15, 0.2) is 41.2 Å². The maximum absolute atomic E-state index is 13.0. The van der Waals surface area contributed by atoms with Crippen molar-refractivity contribution in [3.05, 3.63) is 58.1 Å². The summed E-state index contributed by atoms with van der Waals surface area (Å²) in [5.41, 5.74) is -1.22. The number of benzene rings is 1. The summed E-state index contributed by atoms with van der Waals surface area (Å²) in [4.78, 5) is 23.8. The van der Waals surface area contributed by atoms with E-state index in [1.807, 2.05) is 0 Å². The van der Waals surface area contributed by atoms with Crippen LogP contribution in [-0.4, -0.2) is 24.3 Å². The number of esters is 1. The third-order valence-electron chi connectivity index (χ3n) is 2.75. The number of aromatic nitrogens is 1. The van der Waals surface area contributed by atoms with E-state index in [1.54, 1.807) is 0 Å². The lowest BCUT2D eigenvalue weighted by molar-refractivity contribution is -0.0544. The predicted octanol–water partition coefficient (Wildman–Crippen LogP) is 2.36. The van der Waals surface area contributed by atoms with Crippen LogP contribution < -0.4 is 10.3 Å². The van der Waals surface area contributed by atoms with Gasteiger partial charge in [0.1, 0.15) is 11.4 Å². The van der Waals surface area contributed by atoms with Gasteiger partial charge in [-0.25, -0.2) is 13.8 Å². The van der Waals surface area contributed by atoms with Crippen molar-refractivity contribution in [3.8, 4) is 11.6 Å². The van der Waals surface area contributed by atoms with Crippen LogP contribution in [0, 0.1) is 5.82 Å². The van der Waals surface area contributed by atoms with E-state index in [4.69, 9.17) is 0 Å². The van der Waals surface area contributed by atoms with Gasteiger partial charge in [-0.15, -0.1) is 0 Å². The fourth-order valence-corrected chi connectivity index (χ4v) is 1.80. The van der Waals surface area contributed by atoms with Crippen LogP contribution >= 0.6 is 0 Å². The minimum atomic E-state index is -3.17. The summed E-state index contributed by atoms with van der Waals surface area (Å²) in [5.74, 6) is -1.99. The van der Waals surface area contributed by atoms with E-state index in [1.165, 1.54) is 12.1 Å². The molecule has 0 fully saturated rings. The Labute approximate surface area is 122 Å². The molecule has 0 bridgehead atoms. The predicted molar refractivity (Wildman–Crippen MR) is 70.0 cm³/mol. The molecule has 2 aromatic rings. The molecule has 8 heteroatoms. The third-order valence-corrected chi connectivity index (χ3v) is 2.75. The monoisotopic (exact) mass is 313 g/mol. The maximum atomic E-state index is 13.0. The highest BCUT2D eigenvalue weighted by molar-refractivity contribution is 5.89. The highest BCUT2D eigenvalue weighted by atomic mass is 19.3. The summed E-state index contributed by atoms with van der Waals surface area (Å²) in [6, 6.07) is 6.51. The fraction of sp³-hybridized carbons (Fsp3) is 0.143. The Bertz CT molecular complexity index is 741. The lowest BCUT2D eigenvalue weighted by atomic mass is 10.2. The summed E-state index contributed by atoms with van der Waals surface area (Å²) in [6.45, 7) is -3.17. The second-order valence-corrected chi connectivity index (χ2v) is 4.07. The van der Waals surface area contributed by atoms with Crippen LogP contribution in [0.25, 0.3) is 5.69 Å². The smallest absolute Gasteiger partial charge is 0.388 e. The molecule has 0 aliphatic carbocycles. The first-order chi connectivity index (χ1) is 10.4. The molecule has 1 heterocycles. The number of hydrogen-bond acceptors (Lipinski definition) is 4. The van der Waals surface area contributed by atoms with Gasteiger partial charge in [0.2, 0.25) is 5.88 Å². The Morgan fingerprint density at radius 3 is 2.32 bits per heavy atom. The van der Waals surface area contributed by atoms with Gasteiger partial charge >= 0.3 is 12.6 Å². The van der Waals surface area contributed by atoms with Crippen LogP contribution in [0.1, 0.15) is 10.4 Å². The zero-order valence-corrected chi connectivity index (χ0v) is 11.3. The first-order valence-electron chi connectivity index (χ1n) is 5.99. The van der Waals surface area contributed by atoms with E-state index < -0.39 is 29.8 Å². The Balaban J connectivity index is 2.67. The topological polar surface area (TPSA) is 57.5 Å². The van der Waals surface area contributed by atoms with Gasteiger partial charge in [-0.2, -0.15) is 8.78 Å². The molecule has 0 saturated carbocycles. The van der Waals surface area contributed by atoms with Gasteiger partial charge in [-0.3, -0.25) is 4.79 Å². The SMILES string of the molecule is COC(=O)c1ccc(OC(F)F)n(-c2ccc(F)cc2)c1=O. The van der Waals surface area contributed by atoms with E-state index in [0.717, 1.165) is 35.9 Å². The van der Waals surface area contributed by atoms with Crippen molar-refractivity contribution in [2.75, 3.05) is 7.11 Å². The Morgan fingerprint density at radius 2 is 1.77 bits per heavy atom. The molecule has 0 amide bonds. The highest BCUT2D eigenvalue weighted by Gasteiger charge is 2.19. The average Bonchev–Trinajstić information content (AvgIpc) is 2.48. The van der Waals surface area contributed by atoms with E-state index in [0.29, 0.717) is 0 Å². The van der Waals surface area contributed by atoms with Gasteiger partial charge in [0.05, 0.1) is 12.8 Å². The molecular weight excluding hydrogens is 303 g/mol. The van der Waals surface area contributed by atoms with Crippen molar-refractivity contribution in [2.24, 2.45) is 0 Å². The fourth-order valence-electron chi connectivity index (χ4n) is 1.80. The minimum absolute atomic E-state index is 0.0628. The maximum Gasteiger partial charge on any atom is 0.388 e. The van der Waals surface area contributed by atoms with Crippen molar-refractivity contribution in [1.29, 1.82) is 0 Å². The number of carbonyl (C=O) groups excluding carboxylic acids is 1. The number of ether oxygens (including phenoxy) is 2. The second kappa shape index (κ2) is 6.33. The molecule has 2 rings (SSSR count). The molecular formula is C14H10F3NO4. The van der Waals surface area contributed by atoms with E-state index in [9.17, 15) is 22.8 Å². The number of pyridine rings is 1. The van der Waals surface area contributed by atoms with Crippen LogP contribution in [-0.2, 0) is 4.74 Å². The molecule has 116 valence electrons. The van der Waals surface area contributed by atoms with E-state index in [-0.39, 0.29) is 11.3 Å². The standard InChI is InChI=1S/C14H10F3NO4/c1-21-13(20)10-6-7-11(22-14(16)17)18(12(10)19)9-4-2-8(15)3-5-9/h2-7,14H,1H3. The number of carbonyl (C=O) groups is 1. The number of methoxy groups -OCH3 is 1. The second-order valence-electron chi connectivity index (χ2n) is 4.07. The number of hydrogen-bond donors (Lipinski definition) is 0. The average molecular weight is 313 g/mol. The van der Waals surface area contributed by atoms with Crippen molar-refractivity contribution >= 4 is 5.97 Å².